The second kappa shape index (κ2) is 6.63. The van der Waals surface area contributed by atoms with Gasteiger partial charge in [-0.3, -0.25) is 4.79 Å². The van der Waals surface area contributed by atoms with Crippen molar-refractivity contribution < 1.29 is 9.18 Å². The largest absolute Gasteiger partial charge is 0.329 e. The zero-order valence-corrected chi connectivity index (χ0v) is 10.9. The molecule has 1 aliphatic heterocycles. The second-order valence-corrected chi connectivity index (χ2v) is 4.90. The Morgan fingerprint density at radius 2 is 2.26 bits per heavy atom. The van der Waals surface area contributed by atoms with Crippen molar-refractivity contribution in [1.29, 1.82) is 0 Å². The van der Waals surface area contributed by atoms with Crippen LogP contribution in [0, 0.1) is 11.7 Å². The van der Waals surface area contributed by atoms with E-state index >= 15 is 0 Å². The molecule has 4 nitrogen and oxygen atoms in total. The number of likely N-dealkylation sites (tertiary alicyclic amines) is 1. The third kappa shape index (κ3) is 3.75. The number of hydrogen-bond donors (Lipinski definition) is 2. The topological polar surface area (TPSA) is 58.4 Å². The first-order valence-corrected chi connectivity index (χ1v) is 6.68. The SMILES string of the molecule is NCCN1CCCC(C(=O)Nc2ccccc2F)C1. The van der Waals surface area contributed by atoms with E-state index in [1.807, 2.05) is 0 Å². The lowest BCUT2D eigenvalue weighted by Crippen LogP contribution is -2.42. The van der Waals surface area contributed by atoms with Gasteiger partial charge in [0.05, 0.1) is 11.6 Å². The molecule has 1 atom stereocenters. The molecule has 1 heterocycles. The highest BCUT2D eigenvalue weighted by atomic mass is 19.1. The number of halogens is 1. The fourth-order valence-corrected chi connectivity index (χ4v) is 2.45. The van der Waals surface area contributed by atoms with Gasteiger partial charge in [0.25, 0.3) is 0 Å². The van der Waals surface area contributed by atoms with E-state index in [-0.39, 0.29) is 17.5 Å². The third-order valence-corrected chi connectivity index (χ3v) is 3.45. The van der Waals surface area contributed by atoms with Crippen LogP contribution in [0.4, 0.5) is 10.1 Å². The second-order valence-electron chi connectivity index (χ2n) is 4.90. The standard InChI is InChI=1S/C14H20FN3O/c15-12-5-1-2-6-13(12)17-14(19)11-4-3-8-18(10-11)9-7-16/h1-2,5-6,11H,3-4,7-10,16H2,(H,17,19). The Bertz CT molecular complexity index is 436. The Hall–Kier alpha value is -1.46. The monoisotopic (exact) mass is 265 g/mol. The average Bonchev–Trinajstić information content (AvgIpc) is 2.42. The molecule has 0 aliphatic carbocycles. The van der Waals surface area contributed by atoms with E-state index in [4.69, 9.17) is 5.73 Å². The first-order chi connectivity index (χ1) is 9.20. The number of nitrogens with zero attached hydrogens (tertiary/aromatic N) is 1. The molecular formula is C14H20FN3O. The van der Waals surface area contributed by atoms with Crippen molar-refractivity contribution in [1.82, 2.24) is 4.90 Å². The van der Waals surface area contributed by atoms with Gasteiger partial charge in [-0.2, -0.15) is 0 Å². The summed E-state index contributed by atoms with van der Waals surface area (Å²) >= 11 is 0. The van der Waals surface area contributed by atoms with Gasteiger partial charge in [0.2, 0.25) is 5.91 Å². The fraction of sp³-hybridized carbons (Fsp3) is 0.500. The van der Waals surface area contributed by atoms with Crippen molar-refractivity contribution in [2.75, 3.05) is 31.5 Å². The first kappa shape index (κ1) is 14.0. The molecular weight excluding hydrogens is 245 g/mol. The molecule has 104 valence electrons. The van der Waals surface area contributed by atoms with Crippen LogP contribution in [0.5, 0.6) is 0 Å². The summed E-state index contributed by atoms with van der Waals surface area (Å²) in [5.41, 5.74) is 5.79. The molecule has 1 amide bonds. The summed E-state index contributed by atoms with van der Waals surface area (Å²) in [5.74, 6) is -0.586. The number of rotatable bonds is 4. The van der Waals surface area contributed by atoms with E-state index in [1.54, 1.807) is 18.2 Å². The number of benzene rings is 1. The molecule has 1 fully saturated rings. The fourth-order valence-electron chi connectivity index (χ4n) is 2.45. The third-order valence-electron chi connectivity index (χ3n) is 3.45. The first-order valence-electron chi connectivity index (χ1n) is 6.68. The molecule has 3 N–H and O–H groups in total. The molecule has 1 aliphatic rings. The van der Waals surface area contributed by atoms with Gasteiger partial charge in [-0.15, -0.1) is 0 Å². The zero-order chi connectivity index (χ0) is 13.7. The number of nitrogens with two attached hydrogens (primary N) is 1. The maximum absolute atomic E-state index is 13.5. The maximum atomic E-state index is 13.5. The van der Waals surface area contributed by atoms with Gasteiger partial charge in [-0.1, -0.05) is 12.1 Å². The van der Waals surface area contributed by atoms with Crippen LogP contribution in [-0.2, 0) is 4.79 Å². The molecule has 1 aromatic carbocycles. The van der Waals surface area contributed by atoms with Crippen molar-refractivity contribution in [3.63, 3.8) is 0 Å². The van der Waals surface area contributed by atoms with Crippen molar-refractivity contribution in [2.24, 2.45) is 11.7 Å². The molecule has 5 heteroatoms. The zero-order valence-electron chi connectivity index (χ0n) is 10.9. The molecule has 0 bridgehead atoms. The highest BCUT2D eigenvalue weighted by Crippen LogP contribution is 2.19. The molecule has 1 aromatic rings. The van der Waals surface area contributed by atoms with Gasteiger partial charge in [-0.05, 0) is 31.5 Å². The molecule has 0 saturated carbocycles. The van der Waals surface area contributed by atoms with Crippen LogP contribution in [0.3, 0.4) is 0 Å². The Morgan fingerprint density at radius 1 is 1.47 bits per heavy atom. The van der Waals surface area contributed by atoms with Gasteiger partial charge in [-0.25, -0.2) is 4.39 Å². The number of carbonyl (C=O) groups is 1. The summed E-state index contributed by atoms with van der Waals surface area (Å²) in [6.07, 6.45) is 1.83. The van der Waals surface area contributed by atoms with Crippen LogP contribution in [0.25, 0.3) is 0 Å². The average molecular weight is 265 g/mol. The van der Waals surface area contributed by atoms with Crippen molar-refractivity contribution >= 4 is 11.6 Å². The number of amides is 1. The molecule has 0 radical (unpaired) electrons. The summed E-state index contributed by atoms with van der Waals surface area (Å²) in [4.78, 5) is 14.3. The number of anilines is 1. The molecule has 0 spiro atoms. The highest BCUT2D eigenvalue weighted by molar-refractivity contribution is 5.92. The van der Waals surface area contributed by atoms with Crippen LogP contribution in [-0.4, -0.2) is 37.0 Å². The predicted octanol–water partition coefficient (Wildman–Crippen LogP) is 1.43. The predicted molar refractivity (Wildman–Crippen MR) is 73.2 cm³/mol. The number of nitrogens with one attached hydrogen (secondary N) is 1. The molecule has 19 heavy (non-hydrogen) atoms. The van der Waals surface area contributed by atoms with Crippen LogP contribution in [0.2, 0.25) is 0 Å². The lowest BCUT2D eigenvalue weighted by Gasteiger charge is -2.31. The van der Waals surface area contributed by atoms with Crippen LogP contribution >= 0.6 is 0 Å². The number of para-hydroxylation sites is 1. The summed E-state index contributed by atoms with van der Waals surface area (Å²) in [5, 5.41) is 2.67. The maximum Gasteiger partial charge on any atom is 0.228 e. The summed E-state index contributed by atoms with van der Waals surface area (Å²) in [6.45, 7) is 3.10. The van der Waals surface area contributed by atoms with Crippen molar-refractivity contribution in [3.8, 4) is 0 Å². The minimum Gasteiger partial charge on any atom is -0.329 e. The Kier molecular flexibility index (Phi) is 4.87. The smallest absolute Gasteiger partial charge is 0.228 e. The van der Waals surface area contributed by atoms with E-state index in [0.29, 0.717) is 13.1 Å². The molecule has 1 unspecified atom stereocenters. The number of hydrogen-bond acceptors (Lipinski definition) is 3. The normalized spacial score (nSPS) is 20.2. The van der Waals surface area contributed by atoms with E-state index in [9.17, 15) is 9.18 Å². The lowest BCUT2D eigenvalue weighted by atomic mass is 9.97. The van der Waals surface area contributed by atoms with E-state index in [1.165, 1.54) is 6.07 Å². The lowest BCUT2D eigenvalue weighted by molar-refractivity contribution is -0.121. The molecule has 1 saturated heterocycles. The number of piperidine rings is 1. The minimum atomic E-state index is -0.398. The van der Waals surface area contributed by atoms with Gasteiger partial charge in [0, 0.05) is 19.6 Å². The molecule has 0 aromatic heterocycles. The van der Waals surface area contributed by atoms with Crippen molar-refractivity contribution in [2.45, 2.75) is 12.8 Å². The van der Waals surface area contributed by atoms with Crippen LogP contribution in [0.15, 0.2) is 24.3 Å². The van der Waals surface area contributed by atoms with Gasteiger partial charge >= 0.3 is 0 Å². The van der Waals surface area contributed by atoms with E-state index in [2.05, 4.69) is 10.2 Å². The Morgan fingerprint density at radius 3 is 3.00 bits per heavy atom. The molecule has 2 rings (SSSR count). The highest BCUT2D eigenvalue weighted by Gasteiger charge is 2.25. The van der Waals surface area contributed by atoms with Gasteiger partial charge in [0.1, 0.15) is 5.82 Å². The summed E-state index contributed by atoms with van der Waals surface area (Å²) in [7, 11) is 0. The Labute approximate surface area is 112 Å². The van der Waals surface area contributed by atoms with Crippen molar-refractivity contribution in [3.05, 3.63) is 30.1 Å². The summed E-state index contributed by atoms with van der Waals surface area (Å²) in [6, 6.07) is 6.24. The quantitative estimate of drug-likeness (QED) is 0.866. The van der Waals surface area contributed by atoms with E-state index in [0.717, 1.165) is 25.9 Å². The summed E-state index contributed by atoms with van der Waals surface area (Å²) < 4.78 is 13.5. The van der Waals surface area contributed by atoms with Gasteiger partial charge < -0.3 is 16.0 Å². The van der Waals surface area contributed by atoms with Crippen LogP contribution in [0.1, 0.15) is 12.8 Å². The van der Waals surface area contributed by atoms with Crippen LogP contribution < -0.4 is 11.1 Å². The van der Waals surface area contributed by atoms with E-state index < -0.39 is 5.82 Å². The number of carbonyl (C=O) groups excluding carboxylic acids is 1. The minimum absolute atomic E-state index is 0.0834. The Balaban J connectivity index is 1.94. The van der Waals surface area contributed by atoms with Gasteiger partial charge in [0.15, 0.2) is 0 Å².